The maximum Gasteiger partial charge on any atom is 0.164 e. The molecule has 4 atom stereocenters. The Morgan fingerprint density at radius 2 is 2.31 bits per heavy atom. The van der Waals surface area contributed by atoms with E-state index in [0.29, 0.717) is 6.04 Å². The van der Waals surface area contributed by atoms with E-state index in [4.69, 9.17) is 0 Å². The van der Waals surface area contributed by atoms with Gasteiger partial charge in [0.05, 0.1) is 6.04 Å². The summed E-state index contributed by atoms with van der Waals surface area (Å²) in [6, 6.07) is 0.307. The number of carbonyl (C=O) groups excluding carboxylic acids is 1. The fourth-order valence-corrected chi connectivity index (χ4v) is 2.79. The van der Waals surface area contributed by atoms with Crippen LogP contribution in [0.1, 0.15) is 26.2 Å². The highest BCUT2D eigenvalue weighted by molar-refractivity contribution is 7.40. The van der Waals surface area contributed by atoms with Gasteiger partial charge in [-0.2, -0.15) is 0 Å². The summed E-state index contributed by atoms with van der Waals surface area (Å²) in [6.45, 7) is 3.11. The number of carbonyl (C=O) groups is 1. The highest BCUT2D eigenvalue weighted by Gasteiger charge is 2.30. The third-order valence-electron chi connectivity index (χ3n) is 3.76. The van der Waals surface area contributed by atoms with Crippen LogP contribution in [0.5, 0.6) is 0 Å². The van der Waals surface area contributed by atoms with E-state index in [1.54, 1.807) is 0 Å². The number of hydrogen-bond acceptors (Lipinski definition) is 3. The van der Waals surface area contributed by atoms with Gasteiger partial charge in [-0.05, 0) is 32.3 Å². The van der Waals surface area contributed by atoms with Crippen molar-refractivity contribution in [2.24, 2.45) is 5.92 Å². The molecule has 90 valence electrons. The molecular formula is C12H21N2OP. The van der Waals surface area contributed by atoms with Crippen LogP contribution >= 0.6 is 9.24 Å². The lowest BCUT2D eigenvalue weighted by molar-refractivity contribution is -0.112. The van der Waals surface area contributed by atoms with Gasteiger partial charge in [0.2, 0.25) is 0 Å². The first-order valence-corrected chi connectivity index (χ1v) is 6.64. The van der Waals surface area contributed by atoms with Gasteiger partial charge in [-0.1, -0.05) is 9.24 Å². The maximum atomic E-state index is 11.2. The number of nitrogens with zero attached hydrogens (tertiary/aromatic N) is 1. The molecule has 2 aliphatic rings. The molecule has 1 heterocycles. The molecule has 1 aliphatic heterocycles. The second-order valence-electron chi connectivity index (χ2n) is 4.97. The van der Waals surface area contributed by atoms with E-state index in [2.05, 4.69) is 32.6 Å². The van der Waals surface area contributed by atoms with Crippen molar-refractivity contribution in [1.82, 2.24) is 10.2 Å². The van der Waals surface area contributed by atoms with Crippen LogP contribution in [-0.4, -0.2) is 36.1 Å². The van der Waals surface area contributed by atoms with Crippen LogP contribution in [0.3, 0.4) is 0 Å². The van der Waals surface area contributed by atoms with Crippen LogP contribution < -0.4 is 5.32 Å². The molecule has 0 radical (unpaired) electrons. The summed E-state index contributed by atoms with van der Waals surface area (Å²) in [5, 5.41) is 3.38. The third kappa shape index (κ3) is 2.46. The summed E-state index contributed by atoms with van der Waals surface area (Å²) in [4.78, 5) is 13.5. The van der Waals surface area contributed by atoms with E-state index in [1.807, 2.05) is 6.92 Å². The topological polar surface area (TPSA) is 32.3 Å². The van der Waals surface area contributed by atoms with Gasteiger partial charge in [0.15, 0.2) is 5.52 Å². The van der Waals surface area contributed by atoms with Crippen molar-refractivity contribution in [1.29, 1.82) is 0 Å². The SMILES string of the molecule is CC(NC1C=C2C(CC1)CCN2C)C(=O)P. The van der Waals surface area contributed by atoms with Gasteiger partial charge < -0.3 is 10.2 Å². The number of nitrogens with one attached hydrogen (secondary N) is 1. The summed E-state index contributed by atoms with van der Waals surface area (Å²) in [5.74, 6) is 0.769. The number of likely N-dealkylation sites (tertiary alicyclic amines) is 1. The van der Waals surface area contributed by atoms with E-state index in [0.717, 1.165) is 12.3 Å². The molecule has 2 rings (SSSR count). The average molecular weight is 240 g/mol. The summed E-state index contributed by atoms with van der Waals surface area (Å²) in [7, 11) is 4.42. The summed E-state index contributed by atoms with van der Waals surface area (Å²) in [5.41, 5.74) is 1.62. The van der Waals surface area contributed by atoms with E-state index in [1.165, 1.54) is 25.1 Å². The van der Waals surface area contributed by atoms with Gasteiger partial charge in [-0.15, -0.1) is 0 Å². The third-order valence-corrected chi connectivity index (χ3v) is 4.26. The molecule has 0 spiro atoms. The zero-order chi connectivity index (χ0) is 11.7. The Balaban J connectivity index is 2.00. The van der Waals surface area contributed by atoms with Crippen LogP contribution in [-0.2, 0) is 4.79 Å². The lowest BCUT2D eigenvalue weighted by Gasteiger charge is -2.28. The summed E-state index contributed by atoms with van der Waals surface area (Å²) >= 11 is 0. The van der Waals surface area contributed by atoms with Crippen molar-refractivity contribution in [2.45, 2.75) is 38.3 Å². The zero-order valence-corrected chi connectivity index (χ0v) is 11.2. The molecule has 3 nitrogen and oxygen atoms in total. The van der Waals surface area contributed by atoms with Crippen molar-refractivity contribution >= 4 is 14.8 Å². The second-order valence-corrected chi connectivity index (χ2v) is 5.54. The maximum absolute atomic E-state index is 11.2. The molecule has 4 heteroatoms. The molecular weight excluding hydrogens is 219 g/mol. The molecule has 16 heavy (non-hydrogen) atoms. The summed E-state index contributed by atoms with van der Waals surface area (Å²) in [6.07, 6.45) is 6.04. The Bertz CT molecular complexity index is 316. The highest BCUT2D eigenvalue weighted by Crippen LogP contribution is 2.34. The Hall–Kier alpha value is -0.400. The normalized spacial score (nSPS) is 30.9. The molecule has 1 fully saturated rings. The lowest BCUT2D eigenvalue weighted by Crippen LogP contribution is -2.40. The first kappa shape index (κ1) is 12.1. The minimum atomic E-state index is -0.0601. The number of hydrogen-bond donors (Lipinski definition) is 1. The van der Waals surface area contributed by atoms with Crippen LogP contribution in [0.2, 0.25) is 0 Å². The van der Waals surface area contributed by atoms with Crippen molar-refractivity contribution < 1.29 is 4.79 Å². The standard InChI is InChI=1S/C12H21N2OP/c1-8(12(15)16)13-10-4-3-9-5-6-14(2)11(9)7-10/h7-10,13H,3-6,16H2,1-2H3. The average Bonchev–Trinajstić information content (AvgIpc) is 2.60. The minimum Gasteiger partial charge on any atom is -0.378 e. The zero-order valence-electron chi connectivity index (χ0n) is 10.1. The van der Waals surface area contributed by atoms with Gasteiger partial charge in [0.25, 0.3) is 0 Å². The molecule has 0 bridgehead atoms. The quantitative estimate of drug-likeness (QED) is 0.756. The van der Waals surface area contributed by atoms with Crippen molar-refractivity contribution in [3.8, 4) is 0 Å². The highest BCUT2D eigenvalue weighted by atomic mass is 31.0. The lowest BCUT2D eigenvalue weighted by atomic mass is 9.89. The molecule has 1 aliphatic carbocycles. The van der Waals surface area contributed by atoms with Crippen LogP contribution in [0.15, 0.2) is 11.8 Å². The van der Waals surface area contributed by atoms with E-state index >= 15 is 0 Å². The van der Waals surface area contributed by atoms with Crippen molar-refractivity contribution in [2.75, 3.05) is 13.6 Å². The van der Waals surface area contributed by atoms with E-state index in [-0.39, 0.29) is 11.6 Å². The van der Waals surface area contributed by atoms with Crippen LogP contribution in [0.25, 0.3) is 0 Å². The molecule has 4 unspecified atom stereocenters. The molecule has 0 aromatic heterocycles. The van der Waals surface area contributed by atoms with Gasteiger partial charge in [-0.25, -0.2) is 0 Å². The Morgan fingerprint density at radius 3 is 3.00 bits per heavy atom. The first-order chi connectivity index (χ1) is 7.58. The Labute approximate surface area is 99.9 Å². The molecule has 0 aromatic carbocycles. The largest absolute Gasteiger partial charge is 0.378 e. The second kappa shape index (κ2) is 4.85. The first-order valence-electron chi connectivity index (χ1n) is 6.06. The summed E-state index contributed by atoms with van der Waals surface area (Å²) < 4.78 is 0. The monoisotopic (exact) mass is 240 g/mol. The van der Waals surface area contributed by atoms with Crippen LogP contribution in [0, 0.1) is 5.92 Å². The molecule has 0 aromatic rings. The van der Waals surface area contributed by atoms with Gasteiger partial charge >= 0.3 is 0 Å². The smallest absolute Gasteiger partial charge is 0.164 e. The number of fused-ring (bicyclic) bond motifs is 1. The predicted octanol–water partition coefficient (Wildman–Crippen LogP) is 1.36. The van der Waals surface area contributed by atoms with Crippen LogP contribution in [0.4, 0.5) is 0 Å². The predicted molar refractivity (Wildman–Crippen MR) is 69.2 cm³/mol. The fraction of sp³-hybridized carbons (Fsp3) is 0.750. The van der Waals surface area contributed by atoms with Gasteiger partial charge in [0.1, 0.15) is 0 Å². The minimum absolute atomic E-state index is 0.0601. The van der Waals surface area contributed by atoms with Gasteiger partial charge in [0, 0.05) is 31.2 Å². The van der Waals surface area contributed by atoms with Crippen molar-refractivity contribution in [3.05, 3.63) is 11.8 Å². The van der Waals surface area contributed by atoms with Crippen molar-refractivity contribution in [3.63, 3.8) is 0 Å². The molecule has 0 saturated carbocycles. The molecule has 0 amide bonds. The van der Waals surface area contributed by atoms with Gasteiger partial charge in [-0.3, -0.25) is 4.79 Å². The van der Waals surface area contributed by atoms with E-state index < -0.39 is 0 Å². The molecule has 1 saturated heterocycles. The fourth-order valence-electron chi connectivity index (χ4n) is 2.70. The molecule has 1 N–H and O–H groups in total. The number of allylic oxidation sites excluding steroid dienone is 1. The number of rotatable bonds is 3. The Morgan fingerprint density at radius 1 is 1.56 bits per heavy atom. The van der Waals surface area contributed by atoms with E-state index in [9.17, 15) is 4.79 Å². The Kier molecular flexibility index (Phi) is 3.66.